The Bertz CT molecular complexity index is 423. The first kappa shape index (κ1) is 11.4. The van der Waals surface area contributed by atoms with Gasteiger partial charge < -0.3 is 16.0 Å². The van der Waals surface area contributed by atoms with Crippen LogP contribution in [0.5, 0.6) is 0 Å². The van der Waals surface area contributed by atoms with Crippen LogP contribution in [0.1, 0.15) is 23.5 Å². The van der Waals surface area contributed by atoms with E-state index < -0.39 is 5.91 Å². The van der Waals surface area contributed by atoms with Gasteiger partial charge in [-0.25, -0.2) is 0 Å². The molecule has 1 fully saturated rings. The van der Waals surface area contributed by atoms with Crippen LogP contribution in [0.2, 0.25) is 0 Å². The Labute approximate surface area is 97.6 Å². The number of likely N-dealkylation sites (tertiary alicyclic amines) is 1. The lowest BCUT2D eigenvalue weighted by molar-refractivity contribution is -0.129. The summed E-state index contributed by atoms with van der Waals surface area (Å²) in [6, 6.07) is 0. The number of nitrogen functional groups attached to an aromatic ring is 1. The van der Waals surface area contributed by atoms with E-state index in [1.165, 1.54) is 0 Å². The van der Waals surface area contributed by atoms with Gasteiger partial charge in [0.2, 0.25) is 17.7 Å². The summed E-state index contributed by atoms with van der Waals surface area (Å²) in [5, 5.41) is 8.37. The SMILES string of the molecule is Nc1n[nH]c(C(=O)NCC(=O)N2CCCC2)n1. The summed E-state index contributed by atoms with van der Waals surface area (Å²) < 4.78 is 0. The van der Waals surface area contributed by atoms with E-state index in [4.69, 9.17) is 5.73 Å². The van der Waals surface area contributed by atoms with Crippen LogP contribution in [0.3, 0.4) is 0 Å². The Morgan fingerprint density at radius 3 is 2.71 bits per heavy atom. The molecule has 1 aliphatic heterocycles. The molecule has 0 unspecified atom stereocenters. The van der Waals surface area contributed by atoms with Crippen LogP contribution >= 0.6 is 0 Å². The molecular weight excluding hydrogens is 224 g/mol. The van der Waals surface area contributed by atoms with Gasteiger partial charge in [-0.2, -0.15) is 4.98 Å². The number of hydrogen-bond donors (Lipinski definition) is 3. The highest BCUT2D eigenvalue weighted by molar-refractivity contribution is 5.93. The van der Waals surface area contributed by atoms with E-state index in [1.807, 2.05) is 0 Å². The zero-order valence-corrected chi connectivity index (χ0v) is 9.27. The molecule has 0 spiro atoms. The molecule has 1 aromatic rings. The Balaban J connectivity index is 1.81. The van der Waals surface area contributed by atoms with Crippen LogP contribution in [0.15, 0.2) is 0 Å². The van der Waals surface area contributed by atoms with Gasteiger partial charge in [-0.1, -0.05) is 0 Å². The van der Waals surface area contributed by atoms with Crippen LogP contribution in [-0.2, 0) is 4.79 Å². The number of H-pyrrole nitrogens is 1. The summed E-state index contributed by atoms with van der Waals surface area (Å²) in [5.74, 6) is -0.553. The molecular formula is C9H14N6O2. The van der Waals surface area contributed by atoms with Gasteiger partial charge in [0.05, 0.1) is 6.54 Å². The lowest BCUT2D eigenvalue weighted by Crippen LogP contribution is -2.38. The number of nitrogens with zero attached hydrogens (tertiary/aromatic N) is 3. The third-order valence-electron chi connectivity index (χ3n) is 2.58. The van der Waals surface area contributed by atoms with Crippen LogP contribution in [0, 0.1) is 0 Å². The van der Waals surface area contributed by atoms with Gasteiger partial charge in [0.1, 0.15) is 0 Å². The van der Waals surface area contributed by atoms with E-state index in [2.05, 4.69) is 20.5 Å². The first-order chi connectivity index (χ1) is 8.16. The average Bonchev–Trinajstić information content (AvgIpc) is 2.95. The Morgan fingerprint density at radius 1 is 1.41 bits per heavy atom. The predicted molar refractivity (Wildman–Crippen MR) is 58.9 cm³/mol. The molecule has 92 valence electrons. The molecule has 0 bridgehead atoms. The van der Waals surface area contributed by atoms with Crippen molar-refractivity contribution in [3.63, 3.8) is 0 Å². The van der Waals surface area contributed by atoms with Crippen LogP contribution in [0.4, 0.5) is 5.95 Å². The summed E-state index contributed by atoms with van der Waals surface area (Å²) in [6.07, 6.45) is 2.05. The molecule has 2 amide bonds. The molecule has 0 atom stereocenters. The predicted octanol–water partition coefficient (Wildman–Crippen LogP) is -1.26. The van der Waals surface area contributed by atoms with Gasteiger partial charge in [-0.05, 0) is 12.8 Å². The van der Waals surface area contributed by atoms with Crippen molar-refractivity contribution in [2.24, 2.45) is 0 Å². The van der Waals surface area contributed by atoms with Gasteiger partial charge in [-0.15, -0.1) is 5.10 Å². The summed E-state index contributed by atoms with van der Waals surface area (Å²) in [6.45, 7) is 1.51. The van der Waals surface area contributed by atoms with E-state index in [-0.39, 0.29) is 24.2 Å². The summed E-state index contributed by atoms with van der Waals surface area (Å²) in [5.41, 5.74) is 5.26. The smallest absolute Gasteiger partial charge is 0.289 e. The Kier molecular flexibility index (Phi) is 3.22. The van der Waals surface area contributed by atoms with Crippen molar-refractivity contribution in [2.45, 2.75) is 12.8 Å². The summed E-state index contributed by atoms with van der Waals surface area (Å²) in [7, 11) is 0. The fraction of sp³-hybridized carbons (Fsp3) is 0.556. The summed E-state index contributed by atoms with van der Waals surface area (Å²) >= 11 is 0. The molecule has 0 saturated carbocycles. The molecule has 1 aromatic heterocycles. The van der Waals surface area contributed by atoms with Gasteiger partial charge in [-0.3, -0.25) is 14.7 Å². The maximum Gasteiger partial charge on any atom is 0.289 e. The number of nitrogens with one attached hydrogen (secondary N) is 2. The average molecular weight is 238 g/mol. The Morgan fingerprint density at radius 2 is 2.12 bits per heavy atom. The number of aromatic amines is 1. The van der Waals surface area contributed by atoms with Crippen molar-refractivity contribution in [2.75, 3.05) is 25.4 Å². The van der Waals surface area contributed by atoms with Crippen molar-refractivity contribution in [3.8, 4) is 0 Å². The van der Waals surface area contributed by atoms with Gasteiger partial charge >= 0.3 is 0 Å². The minimum absolute atomic E-state index is 0.000944. The second kappa shape index (κ2) is 4.81. The van der Waals surface area contributed by atoms with E-state index in [1.54, 1.807) is 4.90 Å². The van der Waals surface area contributed by atoms with Crippen LogP contribution in [0.25, 0.3) is 0 Å². The number of carbonyl (C=O) groups is 2. The van der Waals surface area contributed by atoms with E-state index in [0.717, 1.165) is 25.9 Å². The molecule has 1 aliphatic rings. The number of anilines is 1. The monoisotopic (exact) mass is 238 g/mol. The minimum Gasteiger partial charge on any atom is -0.366 e. The maximum atomic E-state index is 11.6. The highest BCUT2D eigenvalue weighted by Crippen LogP contribution is 2.06. The molecule has 0 radical (unpaired) electrons. The number of rotatable bonds is 3. The molecule has 0 aliphatic carbocycles. The van der Waals surface area contributed by atoms with Gasteiger partial charge in [0.15, 0.2) is 0 Å². The lowest BCUT2D eigenvalue weighted by Gasteiger charge is -2.14. The quantitative estimate of drug-likeness (QED) is 0.607. The number of aromatic nitrogens is 3. The second-order valence-electron chi connectivity index (χ2n) is 3.81. The van der Waals surface area contributed by atoms with Gasteiger partial charge in [0, 0.05) is 13.1 Å². The zero-order valence-electron chi connectivity index (χ0n) is 9.27. The van der Waals surface area contributed by atoms with Crippen molar-refractivity contribution in [1.29, 1.82) is 0 Å². The third-order valence-corrected chi connectivity index (χ3v) is 2.58. The molecule has 8 nitrogen and oxygen atoms in total. The molecule has 2 heterocycles. The molecule has 17 heavy (non-hydrogen) atoms. The summed E-state index contributed by atoms with van der Waals surface area (Å²) in [4.78, 5) is 28.5. The number of nitrogens with two attached hydrogens (primary N) is 1. The number of carbonyl (C=O) groups excluding carboxylic acids is 2. The van der Waals surface area contributed by atoms with Crippen molar-refractivity contribution >= 4 is 17.8 Å². The highest BCUT2D eigenvalue weighted by atomic mass is 16.2. The van der Waals surface area contributed by atoms with Crippen molar-refractivity contribution in [3.05, 3.63) is 5.82 Å². The fourth-order valence-electron chi connectivity index (χ4n) is 1.69. The van der Waals surface area contributed by atoms with Crippen molar-refractivity contribution in [1.82, 2.24) is 25.4 Å². The maximum absolute atomic E-state index is 11.6. The van der Waals surface area contributed by atoms with E-state index >= 15 is 0 Å². The number of hydrogen-bond acceptors (Lipinski definition) is 5. The molecule has 2 rings (SSSR count). The fourth-order valence-corrected chi connectivity index (χ4v) is 1.69. The lowest BCUT2D eigenvalue weighted by atomic mass is 10.4. The third kappa shape index (κ3) is 2.71. The van der Waals surface area contributed by atoms with E-state index in [9.17, 15) is 9.59 Å². The minimum atomic E-state index is -0.484. The molecule has 0 aromatic carbocycles. The number of amides is 2. The van der Waals surface area contributed by atoms with E-state index in [0.29, 0.717) is 0 Å². The Hall–Kier alpha value is -2.12. The van der Waals surface area contributed by atoms with Crippen LogP contribution < -0.4 is 11.1 Å². The first-order valence-corrected chi connectivity index (χ1v) is 5.40. The molecule has 8 heteroatoms. The standard InChI is InChI=1S/C9H14N6O2/c10-9-12-7(13-14-9)8(17)11-5-6(16)15-3-1-2-4-15/h1-5H2,(H,11,17)(H3,10,12,13,14). The topological polar surface area (TPSA) is 117 Å². The first-order valence-electron chi connectivity index (χ1n) is 5.40. The van der Waals surface area contributed by atoms with Crippen LogP contribution in [-0.4, -0.2) is 51.5 Å². The highest BCUT2D eigenvalue weighted by Gasteiger charge is 2.19. The molecule has 1 saturated heterocycles. The normalized spacial score (nSPS) is 14.9. The zero-order chi connectivity index (χ0) is 12.3. The van der Waals surface area contributed by atoms with Crippen molar-refractivity contribution < 1.29 is 9.59 Å². The second-order valence-corrected chi connectivity index (χ2v) is 3.81. The molecule has 4 N–H and O–H groups in total. The van der Waals surface area contributed by atoms with Gasteiger partial charge in [0.25, 0.3) is 5.91 Å². The largest absolute Gasteiger partial charge is 0.366 e.